The first kappa shape index (κ1) is 20.1. The molecule has 0 saturated carbocycles. The zero-order valence-electron chi connectivity index (χ0n) is 18.3. The van der Waals surface area contributed by atoms with E-state index in [0.717, 1.165) is 47.5 Å². The minimum Gasteiger partial charge on any atom is -0.510 e. The van der Waals surface area contributed by atoms with Gasteiger partial charge in [-0.2, -0.15) is 0 Å². The summed E-state index contributed by atoms with van der Waals surface area (Å²) in [6.07, 6.45) is 2.98. The molecule has 33 heavy (non-hydrogen) atoms. The normalized spacial score (nSPS) is 18.3. The second kappa shape index (κ2) is 7.78. The van der Waals surface area contributed by atoms with Gasteiger partial charge < -0.3 is 19.7 Å². The van der Waals surface area contributed by atoms with Crippen LogP contribution in [-0.4, -0.2) is 39.5 Å². The number of aromatic nitrogens is 2. The standard InChI is InChI=1S/C26H24N4O2S/c1-32-16-10-11-19-18(12-16)17-8-5-9-21(24(17)28-19)30-13-22(31)23(25(30)27)26-29-20(14-33-26)15-6-3-2-4-7-15/h2-4,6-7,10-12,14,21,27-28,31H,5,8-9,13H2,1H3/t21-/m1/s1. The predicted octanol–water partition coefficient (Wildman–Crippen LogP) is 5.94. The number of aromatic amines is 1. The van der Waals surface area contributed by atoms with E-state index >= 15 is 0 Å². The average molecular weight is 457 g/mol. The third-order valence-electron chi connectivity index (χ3n) is 6.68. The van der Waals surface area contributed by atoms with E-state index in [1.807, 2.05) is 46.7 Å². The first-order chi connectivity index (χ1) is 16.1. The van der Waals surface area contributed by atoms with Crippen LogP contribution in [0.15, 0.2) is 59.7 Å². The molecule has 166 valence electrons. The van der Waals surface area contributed by atoms with Crippen LogP contribution in [-0.2, 0) is 6.42 Å². The Hall–Kier alpha value is -3.58. The molecule has 2 aromatic carbocycles. The lowest BCUT2D eigenvalue weighted by atomic mass is 9.90. The first-order valence-electron chi connectivity index (χ1n) is 11.1. The number of aliphatic hydroxyl groups is 1. The van der Waals surface area contributed by atoms with Gasteiger partial charge in [-0.25, -0.2) is 4.98 Å². The molecule has 2 aromatic heterocycles. The molecule has 0 fully saturated rings. The molecule has 3 N–H and O–H groups in total. The minimum atomic E-state index is 0.0212. The number of benzene rings is 2. The molecule has 0 bridgehead atoms. The van der Waals surface area contributed by atoms with E-state index in [4.69, 9.17) is 15.1 Å². The molecule has 1 atom stereocenters. The lowest BCUT2D eigenvalue weighted by Gasteiger charge is -2.32. The Bertz CT molecular complexity index is 1400. The predicted molar refractivity (Wildman–Crippen MR) is 132 cm³/mol. The number of aryl methyl sites for hydroxylation is 1. The second-order valence-corrected chi connectivity index (χ2v) is 9.40. The van der Waals surface area contributed by atoms with Gasteiger partial charge >= 0.3 is 0 Å². The SMILES string of the molecule is COc1ccc2[nH]c3c(c2c1)CCC[C@H]3N1CC(O)=C(c2nc(-c3ccccc3)cs2)C1=N. The maximum atomic E-state index is 10.9. The largest absolute Gasteiger partial charge is 0.510 e. The number of hydrogen-bond donors (Lipinski definition) is 3. The van der Waals surface area contributed by atoms with E-state index in [-0.39, 0.29) is 11.8 Å². The summed E-state index contributed by atoms with van der Waals surface area (Å²) in [5.74, 6) is 1.41. The van der Waals surface area contributed by atoms with Crippen LogP contribution < -0.4 is 4.74 Å². The van der Waals surface area contributed by atoms with Gasteiger partial charge in [0.2, 0.25) is 0 Å². The van der Waals surface area contributed by atoms with Crippen molar-refractivity contribution in [2.45, 2.75) is 25.3 Å². The van der Waals surface area contributed by atoms with Gasteiger partial charge in [0.25, 0.3) is 0 Å². The van der Waals surface area contributed by atoms with Crippen molar-refractivity contribution in [3.05, 3.63) is 75.9 Å². The van der Waals surface area contributed by atoms with Gasteiger partial charge in [0.05, 0.1) is 31.0 Å². The fraction of sp³-hybridized carbons (Fsp3) is 0.231. The molecule has 6 rings (SSSR count). The molecule has 0 spiro atoms. The van der Waals surface area contributed by atoms with Crippen molar-refractivity contribution in [2.75, 3.05) is 13.7 Å². The number of amidine groups is 1. The zero-order valence-corrected chi connectivity index (χ0v) is 19.1. The van der Waals surface area contributed by atoms with E-state index < -0.39 is 0 Å². The van der Waals surface area contributed by atoms with Gasteiger partial charge in [-0.1, -0.05) is 30.3 Å². The van der Waals surface area contributed by atoms with Crippen molar-refractivity contribution >= 4 is 33.6 Å². The lowest BCUT2D eigenvalue weighted by molar-refractivity contribution is 0.271. The van der Waals surface area contributed by atoms with Crippen LogP contribution in [0.4, 0.5) is 0 Å². The summed E-state index contributed by atoms with van der Waals surface area (Å²) in [7, 11) is 1.69. The Morgan fingerprint density at radius 2 is 2.06 bits per heavy atom. The van der Waals surface area contributed by atoms with Crippen LogP contribution in [0.25, 0.3) is 27.7 Å². The van der Waals surface area contributed by atoms with Gasteiger partial charge in [0.1, 0.15) is 22.4 Å². The molecule has 1 aliphatic heterocycles. The average Bonchev–Trinajstić information content (AvgIpc) is 3.54. The number of hydrogen-bond acceptors (Lipinski definition) is 5. The molecule has 1 aliphatic carbocycles. The van der Waals surface area contributed by atoms with E-state index in [0.29, 0.717) is 23.0 Å². The van der Waals surface area contributed by atoms with Crippen LogP contribution in [0.3, 0.4) is 0 Å². The molecule has 0 unspecified atom stereocenters. The zero-order chi connectivity index (χ0) is 22.5. The van der Waals surface area contributed by atoms with Crippen LogP contribution in [0.5, 0.6) is 5.75 Å². The number of thiazole rings is 1. The van der Waals surface area contributed by atoms with E-state index in [2.05, 4.69) is 17.1 Å². The number of rotatable bonds is 4. The number of H-pyrrole nitrogens is 1. The van der Waals surface area contributed by atoms with Crippen molar-refractivity contribution in [1.82, 2.24) is 14.9 Å². The molecule has 3 heterocycles. The van der Waals surface area contributed by atoms with Crippen molar-refractivity contribution in [3.63, 3.8) is 0 Å². The van der Waals surface area contributed by atoms with Gasteiger partial charge in [-0.15, -0.1) is 11.3 Å². The van der Waals surface area contributed by atoms with E-state index in [1.54, 1.807) is 7.11 Å². The smallest absolute Gasteiger partial charge is 0.135 e. The molecule has 0 amide bonds. The Morgan fingerprint density at radius 1 is 1.21 bits per heavy atom. The number of nitrogens with zero attached hydrogens (tertiary/aromatic N) is 2. The molecule has 0 saturated heterocycles. The molecule has 6 nitrogen and oxygen atoms in total. The quantitative estimate of drug-likeness (QED) is 0.355. The Labute approximate surface area is 195 Å². The maximum Gasteiger partial charge on any atom is 0.135 e. The third-order valence-corrected chi connectivity index (χ3v) is 7.54. The monoisotopic (exact) mass is 456 g/mol. The highest BCUT2D eigenvalue weighted by atomic mass is 32.1. The number of fused-ring (bicyclic) bond motifs is 3. The summed E-state index contributed by atoms with van der Waals surface area (Å²) in [6, 6.07) is 16.1. The van der Waals surface area contributed by atoms with Crippen molar-refractivity contribution in [3.8, 4) is 17.0 Å². The van der Waals surface area contributed by atoms with Crippen LogP contribution in [0, 0.1) is 5.41 Å². The van der Waals surface area contributed by atoms with Gasteiger partial charge in [0.15, 0.2) is 0 Å². The Morgan fingerprint density at radius 3 is 2.88 bits per heavy atom. The van der Waals surface area contributed by atoms with Crippen molar-refractivity contribution in [1.29, 1.82) is 5.41 Å². The highest BCUT2D eigenvalue weighted by molar-refractivity contribution is 7.11. The number of nitrogens with one attached hydrogen (secondary N) is 2. The summed E-state index contributed by atoms with van der Waals surface area (Å²) in [5.41, 5.74) is 5.97. The van der Waals surface area contributed by atoms with E-state index in [9.17, 15) is 5.11 Å². The van der Waals surface area contributed by atoms with Gasteiger partial charge in [-0.05, 0) is 43.0 Å². The summed E-state index contributed by atoms with van der Waals surface area (Å²) >= 11 is 1.47. The first-order valence-corrected chi connectivity index (χ1v) is 12.0. The van der Waals surface area contributed by atoms with Crippen LogP contribution in [0.2, 0.25) is 0 Å². The second-order valence-electron chi connectivity index (χ2n) is 8.54. The van der Waals surface area contributed by atoms with Gasteiger partial charge in [-0.3, -0.25) is 5.41 Å². The molecular weight excluding hydrogens is 432 g/mol. The molecular formula is C26H24N4O2S. The summed E-state index contributed by atoms with van der Waals surface area (Å²) in [5, 5.41) is 23.7. The number of ether oxygens (including phenoxy) is 1. The molecule has 4 aromatic rings. The summed E-state index contributed by atoms with van der Waals surface area (Å²) in [4.78, 5) is 10.4. The van der Waals surface area contributed by atoms with E-state index in [1.165, 1.54) is 22.3 Å². The summed E-state index contributed by atoms with van der Waals surface area (Å²) in [6.45, 7) is 0.331. The summed E-state index contributed by atoms with van der Waals surface area (Å²) < 4.78 is 5.43. The molecule has 2 aliphatic rings. The number of aliphatic hydroxyl groups excluding tert-OH is 1. The fourth-order valence-corrected chi connectivity index (χ4v) is 5.97. The lowest BCUT2D eigenvalue weighted by Crippen LogP contribution is -2.33. The van der Waals surface area contributed by atoms with Gasteiger partial charge in [0, 0.05) is 27.5 Å². The topological polar surface area (TPSA) is 85.2 Å². The van der Waals surface area contributed by atoms with Crippen LogP contribution >= 0.6 is 11.3 Å². The molecule has 0 radical (unpaired) electrons. The van der Waals surface area contributed by atoms with Crippen molar-refractivity contribution < 1.29 is 9.84 Å². The van der Waals surface area contributed by atoms with Crippen molar-refractivity contribution in [2.24, 2.45) is 0 Å². The third kappa shape index (κ3) is 3.23. The maximum absolute atomic E-state index is 10.9. The number of methoxy groups -OCH3 is 1. The van der Waals surface area contributed by atoms with Crippen LogP contribution in [0.1, 0.15) is 35.1 Å². The minimum absolute atomic E-state index is 0.0212. The fourth-order valence-electron chi connectivity index (χ4n) is 5.08. The Balaban J connectivity index is 1.33. The highest BCUT2D eigenvalue weighted by Gasteiger charge is 2.38. The highest BCUT2D eigenvalue weighted by Crippen LogP contribution is 2.43. The molecule has 7 heteroatoms. The Kier molecular flexibility index (Phi) is 4.73.